The molecule has 0 aliphatic rings. The van der Waals surface area contributed by atoms with Crippen LogP contribution in [0.3, 0.4) is 0 Å². The zero-order valence-corrected chi connectivity index (χ0v) is 13.3. The van der Waals surface area contributed by atoms with Gasteiger partial charge in [-0.05, 0) is 26.0 Å². The SMILES string of the molecule is CCOCCOc1c(Cl)cccc1NC(C)C(=O)NC(N)=O. The van der Waals surface area contributed by atoms with Crippen molar-refractivity contribution in [3.8, 4) is 5.75 Å². The highest BCUT2D eigenvalue weighted by molar-refractivity contribution is 6.32. The summed E-state index contributed by atoms with van der Waals surface area (Å²) in [5.74, 6) is -0.129. The Morgan fingerprint density at radius 1 is 1.36 bits per heavy atom. The lowest BCUT2D eigenvalue weighted by molar-refractivity contribution is -0.120. The summed E-state index contributed by atoms with van der Waals surface area (Å²) in [5.41, 5.74) is 5.45. The third-order valence-electron chi connectivity index (χ3n) is 2.66. The van der Waals surface area contributed by atoms with Gasteiger partial charge in [0, 0.05) is 6.61 Å². The number of amides is 3. The molecular weight excluding hydrogens is 310 g/mol. The van der Waals surface area contributed by atoms with Gasteiger partial charge in [0.25, 0.3) is 0 Å². The number of nitrogens with two attached hydrogens (primary N) is 1. The number of ether oxygens (including phenoxy) is 2. The molecule has 0 aliphatic heterocycles. The molecular formula is C14H20ClN3O4. The maximum absolute atomic E-state index is 11.7. The number of para-hydroxylation sites is 1. The van der Waals surface area contributed by atoms with Crippen molar-refractivity contribution < 1.29 is 19.1 Å². The van der Waals surface area contributed by atoms with Gasteiger partial charge < -0.3 is 20.5 Å². The van der Waals surface area contributed by atoms with Gasteiger partial charge in [0.2, 0.25) is 5.91 Å². The van der Waals surface area contributed by atoms with Crippen LogP contribution in [0.1, 0.15) is 13.8 Å². The Bertz CT molecular complexity index is 525. The summed E-state index contributed by atoms with van der Waals surface area (Å²) in [4.78, 5) is 22.4. The van der Waals surface area contributed by atoms with Crippen molar-refractivity contribution in [1.29, 1.82) is 0 Å². The molecule has 22 heavy (non-hydrogen) atoms. The lowest BCUT2D eigenvalue weighted by atomic mass is 10.2. The highest BCUT2D eigenvalue weighted by Crippen LogP contribution is 2.33. The van der Waals surface area contributed by atoms with E-state index in [1.54, 1.807) is 25.1 Å². The molecule has 1 unspecified atom stereocenters. The number of urea groups is 1. The van der Waals surface area contributed by atoms with Crippen LogP contribution < -0.4 is 21.1 Å². The largest absolute Gasteiger partial charge is 0.487 e. The molecule has 1 aromatic rings. The van der Waals surface area contributed by atoms with E-state index in [0.29, 0.717) is 36.3 Å². The molecule has 0 fully saturated rings. The van der Waals surface area contributed by atoms with Crippen LogP contribution in [0.15, 0.2) is 18.2 Å². The first-order valence-corrected chi connectivity index (χ1v) is 7.19. The zero-order valence-electron chi connectivity index (χ0n) is 12.5. The van der Waals surface area contributed by atoms with Crippen LogP contribution in [0.2, 0.25) is 5.02 Å². The van der Waals surface area contributed by atoms with Crippen molar-refractivity contribution in [2.24, 2.45) is 5.73 Å². The first kappa shape index (κ1) is 18.1. The minimum Gasteiger partial charge on any atom is -0.487 e. The fraction of sp³-hybridized carbons (Fsp3) is 0.429. The summed E-state index contributed by atoms with van der Waals surface area (Å²) >= 11 is 6.11. The van der Waals surface area contributed by atoms with E-state index >= 15 is 0 Å². The van der Waals surface area contributed by atoms with Crippen molar-refractivity contribution in [3.05, 3.63) is 23.2 Å². The van der Waals surface area contributed by atoms with E-state index in [1.807, 2.05) is 12.2 Å². The van der Waals surface area contributed by atoms with Crippen LogP contribution >= 0.6 is 11.6 Å². The normalized spacial score (nSPS) is 11.6. The van der Waals surface area contributed by atoms with Crippen LogP contribution in [0.5, 0.6) is 5.75 Å². The number of anilines is 1. The summed E-state index contributed by atoms with van der Waals surface area (Å²) in [6.45, 7) is 4.83. The van der Waals surface area contributed by atoms with Crippen molar-refractivity contribution in [2.45, 2.75) is 19.9 Å². The summed E-state index contributed by atoms with van der Waals surface area (Å²) < 4.78 is 10.8. The van der Waals surface area contributed by atoms with Crippen LogP contribution in [-0.2, 0) is 9.53 Å². The number of hydrogen-bond acceptors (Lipinski definition) is 5. The van der Waals surface area contributed by atoms with Gasteiger partial charge in [-0.2, -0.15) is 0 Å². The number of primary amides is 1. The van der Waals surface area contributed by atoms with E-state index in [1.165, 1.54) is 0 Å². The second kappa shape index (κ2) is 9.11. The Morgan fingerprint density at radius 2 is 2.09 bits per heavy atom. The third kappa shape index (κ3) is 5.79. The second-order valence-corrected chi connectivity index (χ2v) is 4.79. The third-order valence-corrected chi connectivity index (χ3v) is 2.95. The minimum atomic E-state index is -0.905. The molecule has 0 radical (unpaired) electrons. The number of carbonyl (C=O) groups is 2. The molecule has 1 atom stereocenters. The van der Waals surface area contributed by atoms with Crippen molar-refractivity contribution in [2.75, 3.05) is 25.1 Å². The van der Waals surface area contributed by atoms with Gasteiger partial charge in [0.05, 0.1) is 17.3 Å². The average Bonchev–Trinajstić information content (AvgIpc) is 2.45. The van der Waals surface area contributed by atoms with Crippen molar-refractivity contribution in [3.63, 3.8) is 0 Å². The predicted molar refractivity (Wildman–Crippen MR) is 84.3 cm³/mol. The molecule has 7 nitrogen and oxygen atoms in total. The monoisotopic (exact) mass is 329 g/mol. The van der Waals surface area contributed by atoms with Crippen LogP contribution in [0, 0.1) is 0 Å². The fourth-order valence-corrected chi connectivity index (χ4v) is 1.87. The number of halogens is 1. The quantitative estimate of drug-likeness (QED) is 0.630. The lowest BCUT2D eigenvalue weighted by Crippen LogP contribution is -2.43. The number of hydrogen-bond donors (Lipinski definition) is 3. The van der Waals surface area contributed by atoms with E-state index in [2.05, 4.69) is 5.32 Å². The molecule has 1 rings (SSSR count). The second-order valence-electron chi connectivity index (χ2n) is 4.38. The maximum Gasteiger partial charge on any atom is 0.318 e. The first-order valence-electron chi connectivity index (χ1n) is 6.81. The summed E-state index contributed by atoms with van der Waals surface area (Å²) in [6, 6.07) is 3.52. The van der Waals surface area contributed by atoms with Gasteiger partial charge in [-0.1, -0.05) is 17.7 Å². The molecule has 8 heteroatoms. The van der Waals surface area contributed by atoms with Crippen molar-refractivity contribution >= 4 is 29.2 Å². The number of benzene rings is 1. The van der Waals surface area contributed by atoms with E-state index in [-0.39, 0.29) is 0 Å². The molecule has 4 N–H and O–H groups in total. The van der Waals surface area contributed by atoms with E-state index < -0.39 is 18.0 Å². The van der Waals surface area contributed by atoms with E-state index in [4.69, 9.17) is 26.8 Å². The van der Waals surface area contributed by atoms with Gasteiger partial charge in [-0.25, -0.2) is 4.79 Å². The summed E-state index contributed by atoms with van der Waals surface area (Å²) in [5, 5.41) is 5.33. The minimum absolute atomic E-state index is 0.327. The van der Waals surface area contributed by atoms with Crippen LogP contribution in [-0.4, -0.2) is 37.8 Å². The fourth-order valence-electron chi connectivity index (χ4n) is 1.64. The van der Waals surface area contributed by atoms with Crippen LogP contribution in [0.25, 0.3) is 0 Å². The Morgan fingerprint density at radius 3 is 2.73 bits per heavy atom. The van der Waals surface area contributed by atoms with E-state index in [9.17, 15) is 9.59 Å². The Hall–Kier alpha value is -1.99. The molecule has 0 aromatic heterocycles. The number of carbonyl (C=O) groups excluding carboxylic acids is 2. The molecule has 122 valence electrons. The van der Waals surface area contributed by atoms with Crippen molar-refractivity contribution in [1.82, 2.24) is 5.32 Å². The molecule has 0 saturated carbocycles. The van der Waals surface area contributed by atoms with Gasteiger partial charge in [0.1, 0.15) is 12.6 Å². The van der Waals surface area contributed by atoms with Gasteiger partial charge in [0.15, 0.2) is 5.75 Å². The zero-order chi connectivity index (χ0) is 16.5. The van der Waals surface area contributed by atoms with Crippen LogP contribution in [0.4, 0.5) is 10.5 Å². The highest BCUT2D eigenvalue weighted by atomic mass is 35.5. The number of imide groups is 1. The number of rotatable bonds is 8. The summed E-state index contributed by atoms with van der Waals surface area (Å²) in [7, 11) is 0. The molecule has 1 aromatic carbocycles. The smallest absolute Gasteiger partial charge is 0.318 e. The molecule has 0 saturated heterocycles. The predicted octanol–water partition coefficient (Wildman–Crippen LogP) is 1.75. The maximum atomic E-state index is 11.7. The topological polar surface area (TPSA) is 103 Å². The number of nitrogens with one attached hydrogen (secondary N) is 2. The lowest BCUT2D eigenvalue weighted by Gasteiger charge is -2.18. The Labute approximate surface area is 134 Å². The Balaban J connectivity index is 2.74. The molecule has 0 aliphatic carbocycles. The molecule has 0 bridgehead atoms. The average molecular weight is 330 g/mol. The molecule has 0 spiro atoms. The van der Waals surface area contributed by atoms with E-state index in [0.717, 1.165) is 0 Å². The van der Waals surface area contributed by atoms with Gasteiger partial charge in [-0.3, -0.25) is 10.1 Å². The van der Waals surface area contributed by atoms with Gasteiger partial charge in [-0.15, -0.1) is 0 Å². The van der Waals surface area contributed by atoms with Gasteiger partial charge >= 0.3 is 6.03 Å². The summed E-state index contributed by atoms with van der Waals surface area (Å²) in [6.07, 6.45) is 0. The Kier molecular flexibility index (Phi) is 7.48. The molecule has 0 heterocycles. The highest BCUT2D eigenvalue weighted by Gasteiger charge is 2.17. The first-order chi connectivity index (χ1) is 10.5. The molecule has 3 amide bonds. The standard InChI is InChI=1S/C14H20ClN3O4/c1-3-21-7-8-22-12-10(15)5-4-6-11(12)17-9(2)13(19)18-14(16)20/h4-6,9,17H,3,7-8H2,1-2H3,(H3,16,18,19,20).